The van der Waals surface area contributed by atoms with E-state index in [2.05, 4.69) is 6.92 Å². The SMILES string of the molecule is CCCCCCCCCCCCCCCCCCC(O)(c1ccccc1)C(CO)(CO)CO. The Balaban J connectivity index is 2.21. The Morgan fingerprint density at radius 1 is 0.545 bits per heavy atom. The number of unbranched alkanes of at least 4 members (excludes halogenated alkanes) is 15. The molecular weight excluding hydrogens is 412 g/mol. The minimum Gasteiger partial charge on any atom is -0.395 e. The van der Waals surface area contributed by atoms with Crippen LogP contribution in [0.25, 0.3) is 0 Å². The van der Waals surface area contributed by atoms with Gasteiger partial charge in [-0.05, 0) is 12.0 Å². The second-order valence-electron chi connectivity index (χ2n) is 10.0. The number of rotatable bonds is 22. The molecule has 1 rings (SSSR count). The second kappa shape index (κ2) is 18.4. The van der Waals surface area contributed by atoms with E-state index in [1.165, 1.54) is 83.5 Å². The van der Waals surface area contributed by atoms with Gasteiger partial charge in [-0.2, -0.15) is 0 Å². The topological polar surface area (TPSA) is 80.9 Å². The van der Waals surface area contributed by atoms with Gasteiger partial charge in [0.1, 0.15) is 5.60 Å². The third-order valence-corrected chi connectivity index (χ3v) is 7.43. The van der Waals surface area contributed by atoms with Crippen molar-refractivity contribution in [2.24, 2.45) is 5.41 Å². The van der Waals surface area contributed by atoms with Crippen molar-refractivity contribution in [3.8, 4) is 0 Å². The molecule has 0 aliphatic heterocycles. The highest BCUT2D eigenvalue weighted by Crippen LogP contribution is 2.43. The van der Waals surface area contributed by atoms with Gasteiger partial charge in [-0.15, -0.1) is 0 Å². The first kappa shape index (κ1) is 30.1. The van der Waals surface area contributed by atoms with E-state index in [1.807, 2.05) is 30.3 Å². The van der Waals surface area contributed by atoms with Crippen LogP contribution in [0.5, 0.6) is 0 Å². The van der Waals surface area contributed by atoms with Crippen molar-refractivity contribution in [2.45, 2.75) is 122 Å². The fourth-order valence-corrected chi connectivity index (χ4v) is 4.90. The summed E-state index contributed by atoms with van der Waals surface area (Å²) in [5, 5.41) is 41.3. The van der Waals surface area contributed by atoms with Crippen LogP contribution >= 0.6 is 0 Å². The first-order valence-electron chi connectivity index (χ1n) is 13.7. The number of aliphatic hydroxyl groups excluding tert-OH is 3. The Morgan fingerprint density at radius 3 is 1.27 bits per heavy atom. The maximum absolute atomic E-state index is 11.5. The van der Waals surface area contributed by atoms with Crippen LogP contribution in [0.4, 0.5) is 0 Å². The Kier molecular flexibility index (Phi) is 16.8. The summed E-state index contributed by atoms with van der Waals surface area (Å²) in [6.45, 7) is 0.865. The fourth-order valence-electron chi connectivity index (χ4n) is 4.90. The summed E-state index contributed by atoms with van der Waals surface area (Å²) < 4.78 is 0. The van der Waals surface area contributed by atoms with Crippen LogP contribution in [0.2, 0.25) is 0 Å². The van der Waals surface area contributed by atoms with Crippen molar-refractivity contribution in [1.29, 1.82) is 0 Å². The molecule has 0 heterocycles. The van der Waals surface area contributed by atoms with Crippen LogP contribution in [-0.4, -0.2) is 40.2 Å². The molecule has 0 bridgehead atoms. The van der Waals surface area contributed by atoms with Crippen molar-refractivity contribution in [1.82, 2.24) is 0 Å². The lowest BCUT2D eigenvalue weighted by Crippen LogP contribution is -2.53. The average molecular weight is 465 g/mol. The van der Waals surface area contributed by atoms with Crippen molar-refractivity contribution >= 4 is 0 Å². The van der Waals surface area contributed by atoms with E-state index < -0.39 is 30.8 Å². The zero-order valence-electron chi connectivity index (χ0n) is 21.3. The van der Waals surface area contributed by atoms with Crippen LogP contribution < -0.4 is 0 Å². The summed E-state index contributed by atoms with van der Waals surface area (Å²) in [6.07, 6.45) is 21.0. The van der Waals surface area contributed by atoms with E-state index in [1.54, 1.807) is 0 Å². The first-order valence-corrected chi connectivity index (χ1v) is 13.7. The lowest BCUT2D eigenvalue weighted by atomic mass is 9.67. The molecule has 0 amide bonds. The van der Waals surface area contributed by atoms with E-state index >= 15 is 0 Å². The highest BCUT2D eigenvalue weighted by Gasteiger charge is 2.50. The van der Waals surface area contributed by atoms with Gasteiger partial charge in [-0.25, -0.2) is 0 Å². The molecule has 0 spiro atoms. The molecule has 0 radical (unpaired) electrons. The quantitative estimate of drug-likeness (QED) is 0.148. The zero-order chi connectivity index (χ0) is 24.3. The summed E-state index contributed by atoms with van der Waals surface area (Å²) in [5.41, 5.74) is -2.17. The van der Waals surface area contributed by atoms with E-state index in [-0.39, 0.29) is 0 Å². The van der Waals surface area contributed by atoms with Crippen molar-refractivity contribution < 1.29 is 20.4 Å². The van der Waals surface area contributed by atoms with Gasteiger partial charge >= 0.3 is 0 Å². The summed E-state index contributed by atoms with van der Waals surface area (Å²) in [6, 6.07) is 9.16. The highest BCUT2D eigenvalue weighted by molar-refractivity contribution is 5.26. The molecule has 33 heavy (non-hydrogen) atoms. The lowest BCUT2D eigenvalue weighted by Gasteiger charge is -2.45. The zero-order valence-corrected chi connectivity index (χ0v) is 21.3. The predicted octanol–water partition coefficient (Wildman–Crippen LogP) is 6.49. The van der Waals surface area contributed by atoms with Gasteiger partial charge < -0.3 is 20.4 Å². The standard InChI is InChI=1S/C29H52O4/c1-2-3-4-5-6-7-8-9-10-11-12-13-14-15-16-20-23-29(33,27-21-18-17-19-22-27)28(24-30,25-31)26-32/h17-19,21-22,30-33H,2-16,20,23-26H2,1H3. The van der Waals surface area contributed by atoms with Crippen LogP contribution in [0.3, 0.4) is 0 Å². The van der Waals surface area contributed by atoms with E-state index in [0.717, 1.165) is 19.3 Å². The third kappa shape index (κ3) is 10.5. The van der Waals surface area contributed by atoms with Gasteiger partial charge in [0.15, 0.2) is 0 Å². The summed E-state index contributed by atoms with van der Waals surface area (Å²) in [7, 11) is 0. The van der Waals surface area contributed by atoms with Crippen LogP contribution in [-0.2, 0) is 5.60 Å². The minimum atomic E-state index is -1.46. The van der Waals surface area contributed by atoms with E-state index in [4.69, 9.17) is 0 Å². The molecule has 4 heteroatoms. The smallest absolute Gasteiger partial charge is 0.102 e. The molecule has 1 aromatic carbocycles. The molecule has 0 aliphatic carbocycles. The summed E-state index contributed by atoms with van der Waals surface area (Å²) in [4.78, 5) is 0. The van der Waals surface area contributed by atoms with Gasteiger partial charge in [-0.3, -0.25) is 0 Å². The Morgan fingerprint density at radius 2 is 0.909 bits per heavy atom. The molecule has 1 atom stereocenters. The molecule has 0 saturated carbocycles. The number of hydrogen-bond acceptors (Lipinski definition) is 4. The fraction of sp³-hybridized carbons (Fsp3) is 0.793. The van der Waals surface area contributed by atoms with Gasteiger partial charge in [0.2, 0.25) is 0 Å². The van der Waals surface area contributed by atoms with Gasteiger partial charge in [0.05, 0.1) is 25.2 Å². The number of hydrogen-bond donors (Lipinski definition) is 4. The minimum absolute atomic E-state index is 0.414. The van der Waals surface area contributed by atoms with Crippen molar-refractivity contribution in [3.05, 3.63) is 35.9 Å². The van der Waals surface area contributed by atoms with Crippen LogP contribution in [0.1, 0.15) is 122 Å². The largest absolute Gasteiger partial charge is 0.395 e. The van der Waals surface area contributed by atoms with Gasteiger partial charge in [-0.1, -0.05) is 140 Å². The van der Waals surface area contributed by atoms with E-state index in [0.29, 0.717) is 12.0 Å². The average Bonchev–Trinajstić information content (AvgIpc) is 2.85. The molecule has 0 aromatic heterocycles. The molecule has 1 unspecified atom stereocenters. The lowest BCUT2D eigenvalue weighted by molar-refractivity contribution is -0.164. The van der Waals surface area contributed by atoms with Gasteiger partial charge in [0.25, 0.3) is 0 Å². The Hall–Kier alpha value is -0.940. The molecule has 4 N–H and O–H groups in total. The number of benzene rings is 1. The second-order valence-corrected chi connectivity index (χ2v) is 10.0. The van der Waals surface area contributed by atoms with Gasteiger partial charge in [0, 0.05) is 0 Å². The molecule has 1 aromatic rings. The molecule has 0 saturated heterocycles. The maximum Gasteiger partial charge on any atom is 0.102 e. The third-order valence-electron chi connectivity index (χ3n) is 7.43. The van der Waals surface area contributed by atoms with Crippen molar-refractivity contribution in [3.63, 3.8) is 0 Å². The molecular formula is C29H52O4. The van der Waals surface area contributed by atoms with Crippen LogP contribution in [0.15, 0.2) is 30.3 Å². The monoisotopic (exact) mass is 464 g/mol. The maximum atomic E-state index is 11.5. The molecule has 4 nitrogen and oxygen atoms in total. The van der Waals surface area contributed by atoms with Crippen LogP contribution in [0, 0.1) is 5.41 Å². The Bertz CT molecular complexity index is 550. The Labute approximate surface area is 203 Å². The first-order chi connectivity index (χ1) is 16.1. The summed E-state index contributed by atoms with van der Waals surface area (Å²) in [5.74, 6) is 0. The predicted molar refractivity (Wildman–Crippen MR) is 138 cm³/mol. The van der Waals surface area contributed by atoms with Crippen molar-refractivity contribution in [2.75, 3.05) is 19.8 Å². The summed E-state index contributed by atoms with van der Waals surface area (Å²) >= 11 is 0. The normalized spacial score (nSPS) is 13.8. The van der Waals surface area contributed by atoms with E-state index in [9.17, 15) is 20.4 Å². The molecule has 0 fully saturated rings. The number of aliphatic hydroxyl groups is 4. The molecule has 0 aliphatic rings. The molecule has 192 valence electrons. The highest BCUT2D eigenvalue weighted by atomic mass is 16.3.